The number of likely N-dealkylation sites (tertiary alicyclic amines) is 1. The van der Waals surface area contributed by atoms with E-state index in [9.17, 15) is 24.4 Å². The van der Waals surface area contributed by atoms with E-state index in [-0.39, 0.29) is 18.5 Å². The predicted molar refractivity (Wildman–Crippen MR) is 149 cm³/mol. The normalized spacial score (nSPS) is 18.0. The Morgan fingerprint density at radius 3 is 2.24 bits per heavy atom. The molecule has 0 radical (unpaired) electrons. The van der Waals surface area contributed by atoms with Crippen molar-refractivity contribution < 1.29 is 14.4 Å². The van der Waals surface area contributed by atoms with Crippen LogP contribution in [0.4, 0.5) is 0 Å². The molecule has 0 saturated carbocycles. The van der Waals surface area contributed by atoms with Crippen molar-refractivity contribution in [3.05, 3.63) is 86.1 Å². The molecule has 1 fully saturated rings. The number of carbonyl (C=O) groups is 3. The van der Waals surface area contributed by atoms with Gasteiger partial charge < -0.3 is 21.7 Å². The number of amides is 3. The summed E-state index contributed by atoms with van der Waals surface area (Å²) >= 11 is 0. The summed E-state index contributed by atoms with van der Waals surface area (Å²) in [6, 6.07) is 12.0. The molecule has 1 aromatic heterocycles. The largest absolute Gasteiger partial charge is 0.366 e. The van der Waals surface area contributed by atoms with Gasteiger partial charge in [-0.2, -0.15) is 10.4 Å². The van der Waals surface area contributed by atoms with Crippen molar-refractivity contribution in [2.45, 2.75) is 56.5 Å². The minimum atomic E-state index is -1.04. The second-order valence-corrected chi connectivity index (χ2v) is 10.8. The maximum atomic E-state index is 13.0. The lowest BCUT2D eigenvalue weighted by molar-refractivity contribution is -0.130. The Kier molecular flexibility index (Phi) is 7.47. The first-order valence-corrected chi connectivity index (χ1v) is 13.6. The van der Waals surface area contributed by atoms with E-state index in [0.29, 0.717) is 49.2 Å². The van der Waals surface area contributed by atoms with E-state index in [1.165, 1.54) is 0 Å². The Hall–Kier alpha value is -4.76. The Bertz CT molecular complexity index is 1550. The van der Waals surface area contributed by atoms with Crippen LogP contribution >= 0.6 is 0 Å². The Morgan fingerprint density at radius 1 is 1.12 bits per heavy atom. The molecule has 5 rings (SSSR count). The van der Waals surface area contributed by atoms with Crippen LogP contribution in [0.3, 0.4) is 0 Å². The van der Waals surface area contributed by atoms with Gasteiger partial charge in [-0.1, -0.05) is 12.1 Å². The Morgan fingerprint density at radius 2 is 1.73 bits per heavy atom. The average Bonchev–Trinajstić information content (AvgIpc) is 3.60. The number of hydrogen-bond acceptors (Lipinski definition) is 7. The van der Waals surface area contributed by atoms with Gasteiger partial charge in [-0.05, 0) is 85.5 Å². The zero-order valence-electron chi connectivity index (χ0n) is 22.7. The standard InChI is InChI=1S/C29H32N8O4/c1-16(33-15-24(38)37-10-2-3-21(37)14-30)13-29(27-34-28(41)36-35-27)22-8-6-19(25(31)39)11-17(22)4-5-18-12-20(26(32)40)7-9-23(18)29/h6-9,11-12,16,21,33H,2-5,10,13,15H2,1H3,(H2,31,39)(H2,32,40)(H2,34,35,36,41)/t16-,21?/m1/s1. The number of rotatable bonds is 8. The summed E-state index contributed by atoms with van der Waals surface area (Å²) in [4.78, 5) is 54.0. The summed E-state index contributed by atoms with van der Waals surface area (Å²) in [5, 5.41) is 19.6. The molecule has 2 heterocycles. The van der Waals surface area contributed by atoms with Crippen molar-refractivity contribution in [1.29, 1.82) is 5.26 Å². The highest BCUT2D eigenvalue weighted by Gasteiger charge is 2.45. The number of nitrogens with one attached hydrogen (secondary N) is 3. The highest BCUT2D eigenvalue weighted by molar-refractivity contribution is 5.94. The molecule has 7 N–H and O–H groups in total. The minimum Gasteiger partial charge on any atom is -0.366 e. The maximum absolute atomic E-state index is 13.0. The number of fused-ring (bicyclic) bond motifs is 2. The maximum Gasteiger partial charge on any atom is 0.340 e. The van der Waals surface area contributed by atoms with Gasteiger partial charge in [0.05, 0.1) is 18.0 Å². The van der Waals surface area contributed by atoms with Gasteiger partial charge in [0.15, 0.2) is 0 Å². The zero-order valence-corrected chi connectivity index (χ0v) is 22.7. The number of nitrogens with zero attached hydrogens (tertiary/aromatic N) is 3. The van der Waals surface area contributed by atoms with Gasteiger partial charge in [-0.25, -0.2) is 9.89 Å². The number of nitriles is 1. The monoisotopic (exact) mass is 556 g/mol. The molecule has 0 bridgehead atoms. The number of primary amides is 2. The SMILES string of the molecule is C[C@H](CC1(c2n[nH]c(=O)[nH]2)c2ccc(C(N)=O)cc2CCc2cc(C(N)=O)ccc21)NCC(=O)N1CCCC1C#N. The molecular formula is C29H32N8O4. The van der Waals surface area contributed by atoms with E-state index in [1.54, 1.807) is 29.2 Å². The second-order valence-electron chi connectivity index (χ2n) is 10.8. The number of hydrogen-bond donors (Lipinski definition) is 5. The fraction of sp³-hybridized carbons (Fsp3) is 0.379. The summed E-state index contributed by atoms with van der Waals surface area (Å²) in [5.41, 5.74) is 13.7. The van der Waals surface area contributed by atoms with Crippen molar-refractivity contribution in [2.24, 2.45) is 11.5 Å². The minimum absolute atomic E-state index is 0.0352. The van der Waals surface area contributed by atoms with Gasteiger partial charge in [0.2, 0.25) is 17.7 Å². The molecule has 3 amide bonds. The molecule has 0 spiro atoms. The summed E-state index contributed by atoms with van der Waals surface area (Å²) in [5.74, 6) is -0.914. The lowest BCUT2D eigenvalue weighted by atomic mass is 9.67. The van der Waals surface area contributed by atoms with Crippen LogP contribution in [0.5, 0.6) is 0 Å². The quantitative estimate of drug-likeness (QED) is 0.267. The topological polar surface area (TPSA) is 204 Å². The summed E-state index contributed by atoms with van der Waals surface area (Å²) in [7, 11) is 0. The van der Waals surface area contributed by atoms with Gasteiger partial charge in [0.25, 0.3) is 0 Å². The first kappa shape index (κ1) is 27.8. The number of aromatic nitrogens is 3. The molecule has 1 aliphatic heterocycles. The van der Waals surface area contributed by atoms with E-state index in [0.717, 1.165) is 28.7 Å². The second kappa shape index (κ2) is 11.0. The van der Waals surface area contributed by atoms with E-state index in [1.807, 2.05) is 19.1 Å². The number of benzene rings is 2. The molecule has 1 unspecified atom stereocenters. The highest BCUT2D eigenvalue weighted by atomic mass is 16.2. The Balaban J connectivity index is 1.61. The smallest absolute Gasteiger partial charge is 0.340 e. The van der Waals surface area contributed by atoms with Crippen molar-refractivity contribution in [1.82, 2.24) is 25.4 Å². The number of nitrogens with two attached hydrogens (primary N) is 2. The van der Waals surface area contributed by atoms with Gasteiger partial charge in [0, 0.05) is 23.7 Å². The Labute approximate surface area is 236 Å². The van der Waals surface area contributed by atoms with Gasteiger partial charge in [-0.15, -0.1) is 0 Å². The summed E-state index contributed by atoms with van der Waals surface area (Å²) in [6.45, 7) is 2.52. The van der Waals surface area contributed by atoms with Crippen LogP contribution in [-0.2, 0) is 23.1 Å². The van der Waals surface area contributed by atoms with E-state index in [4.69, 9.17) is 11.5 Å². The molecule has 41 heavy (non-hydrogen) atoms. The summed E-state index contributed by atoms with van der Waals surface area (Å²) < 4.78 is 0. The third-order valence-corrected chi connectivity index (χ3v) is 8.20. The fourth-order valence-electron chi connectivity index (χ4n) is 6.29. The van der Waals surface area contributed by atoms with Crippen LogP contribution in [0.1, 0.15) is 75.0 Å². The molecule has 1 aliphatic carbocycles. The van der Waals surface area contributed by atoms with Crippen molar-refractivity contribution in [3.8, 4) is 6.07 Å². The zero-order chi connectivity index (χ0) is 29.3. The van der Waals surface area contributed by atoms with Crippen LogP contribution < -0.4 is 22.5 Å². The van der Waals surface area contributed by atoms with Crippen molar-refractivity contribution in [2.75, 3.05) is 13.1 Å². The van der Waals surface area contributed by atoms with E-state index >= 15 is 0 Å². The van der Waals surface area contributed by atoms with Crippen LogP contribution in [0.25, 0.3) is 0 Å². The first-order chi connectivity index (χ1) is 19.6. The number of aryl methyl sites for hydroxylation is 2. The molecule has 2 atom stereocenters. The molecule has 1 saturated heterocycles. The van der Waals surface area contributed by atoms with Crippen molar-refractivity contribution >= 4 is 17.7 Å². The molecule has 3 aromatic rings. The third-order valence-electron chi connectivity index (χ3n) is 8.20. The molecule has 212 valence electrons. The molecule has 2 aliphatic rings. The molecular weight excluding hydrogens is 524 g/mol. The van der Waals surface area contributed by atoms with Crippen LogP contribution in [0, 0.1) is 11.3 Å². The first-order valence-electron chi connectivity index (χ1n) is 13.6. The van der Waals surface area contributed by atoms with Crippen LogP contribution in [0.15, 0.2) is 41.2 Å². The third kappa shape index (κ3) is 5.12. The molecule has 12 nitrogen and oxygen atoms in total. The number of aromatic amines is 2. The van der Waals surface area contributed by atoms with Gasteiger partial charge >= 0.3 is 5.69 Å². The van der Waals surface area contributed by atoms with Crippen LogP contribution in [0.2, 0.25) is 0 Å². The highest BCUT2D eigenvalue weighted by Crippen LogP contribution is 2.46. The predicted octanol–water partition coefficient (Wildman–Crippen LogP) is 0.612. The number of carbonyl (C=O) groups excluding carboxylic acids is 3. The van der Waals surface area contributed by atoms with E-state index < -0.39 is 29.0 Å². The van der Waals surface area contributed by atoms with Gasteiger partial charge in [-0.3, -0.25) is 19.4 Å². The lowest BCUT2D eigenvalue weighted by Gasteiger charge is -2.37. The fourth-order valence-corrected chi connectivity index (χ4v) is 6.29. The summed E-state index contributed by atoms with van der Waals surface area (Å²) in [6.07, 6.45) is 2.89. The van der Waals surface area contributed by atoms with E-state index in [2.05, 4.69) is 26.6 Å². The molecule has 12 heteroatoms. The molecule has 2 aromatic carbocycles. The van der Waals surface area contributed by atoms with Crippen molar-refractivity contribution in [3.63, 3.8) is 0 Å². The number of H-pyrrole nitrogens is 2. The average molecular weight is 557 g/mol. The lowest BCUT2D eigenvalue weighted by Crippen LogP contribution is -2.45. The van der Waals surface area contributed by atoms with Crippen LogP contribution in [-0.4, -0.2) is 63.0 Å². The van der Waals surface area contributed by atoms with Gasteiger partial charge in [0.1, 0.15) is 11.9 Å².